The summed E-state index contributed by atoms with van der Waals surface area (Å²) in [6.45, 7) is 12.0. The zero-order chi connectivity index (χ0) is 32.3. The van der Waals surface area contributed by atoms with Crippen molar-refractivity contribution < 1.29 is 18.7 Å². The predicted molar refractivity (Wildman–Crippen MR) is 179 cm³/mol. The molecule has 4 rings (SSSR count). The van der Waals surface area contributed by atoms with Crippen LogP contribution in [0.3, 0.4) is 0 Å². The molecule has 1 fully saturated rings. The summed E-state index contributed by atoms with van der Waals surface area (Å²) in [5, 5.41) is 8.94. The first-order valence-electron chi connectivity index (χ1n) is 15.6. The number of carbonyl (C=O) groups is 2. The summed E-state index contributed by atoms with van der Waals surface area (Å²) in [5.41, 5.74) is 3.97. The first kappa shape index (κ1) is 36.3. The monoisotopic (exact) mass is 604 g/mol. The first-order chi connectivity index (χ1) is 21.4. The molecule has 0 saturated carbocycles. The number of pyridine rings is 1. The third-order valence-electron chi connectivity index (χ3n) is 7.16. The molecule has 1 amide bonds. The van der Waals surface area contributed by atoms with Crippen LogP contribution in [-0.2, 0) is 22.5 Å². The number of cyclic esters (lactones) is 1. The molecule has 1 aliphatic heterocycles. The van der Waals surface area contributed by atoms with Crippen LogP contribution in [0.2, 0.25) is 0 Å². The SMILES string of the molecule is CC.CC/C(F)=C(\C/C=C\C(C)N1CC(CNC)OC1=O)c1ccc(CCNCc2cncc3ccccc23)cc1.CC=O. The molecule has 2 aromatic carbocycles. The van der Waals surface area contributed by atoms with Crippen molar-refractivity contribution in [2.75, 3.05) is 26.7 Å². The second kappa shape index (κ2) is 20.1. The predicted octanol–water partition coefficient (Wildman–Crippen LogP) is 7.26. The van der Waals surface area contributed by atoms with Crippen LogP contribution in [-0.4, -0.2) is 61.1 Å². The number of aldehydes is 1. The van der Waals surface area contributed by atoms with Gasteiger partial charge in [0.15, 0.2) is 0 Å². The van der Waals surface area contributed by atoms with E-state index in [0.29, 0.717) is 31.5 Å². The van der Waals surface area contributed by atoms with Gasteiger partial charge in [-0.3, -0.25) is 9.88 Å². The molecule has 0 radical (unpaired) electrons. The summed E-state index contributed by atoms with van der Waals surface area (Å²) < 4.78 is 20.3. The number of hydrogen-bond acceptors (Lipinski definition) is 6. The Morgan fingerprint density at radius 2 is 1.86 bits per heavy atom. The van der Waals surface area contributed by atoms with Gasteiger partial charge in [0.2, 0.25) is 0 Å². The number of carbonyl (C=O) groups excluding carboxylic acids is 2. The largest absolute Gasteiger partial charge is 0.443 e. The zero-order valence-corrected chi connectivity index (χ0v) is 27.1. The van der Waals surface area contributed by atoms with Crippen molar-refractivity contribution in [1.29, 1.82) is 0 Å². The lowest BCUT2D eigenvalue weighted by Crippen LogP contribution is -2.34. The van der Waals surface area contributed by atoms with Gasteiger partial charge in [-0.05, 0) is 74.4 Å². The van der Waals surface area contributed by atoms with Crippen LogP contribution in [0.25, 0.3) is 16.3 Å². The van der Waals surface area contributed by atoms with Crippen LogP contribution >= 0.6 is 0 Å². The van der Waals surface area contributed by atoms with Gasteiger partial charge in [0.25, 0.3) is 0 Å². The van der Waals surface area contributed by atoms with Gasteiger partial charge < -0.3 is 20.2 Å². The second-order valence-electron chi connectivity index (χ2n) is 10.2. The molecule has 8 heteroatoms. The quantitative estimate of drug-likeness (QED) is 0.121. The lowest BCUT2D eigenvalue weighted by Gasteiger charge is -2.18. The standard InChI is InChI=1S/C32H39FN4O2.C2H4O.C2H6/c1-4-31(33)30(11-7-8-23(2)37-22-28(21-34-3)39-32(37)38)25-14-12-24(13-15-25)16-17-35-19-27-20-36-18-26-9-5-6-10-29(26)27;1-2-3;1-2/h5-10,12-15,18,20,23,28,34-35H,4,11,16-17,19,21-22H2,1-3H3;2H,1H3;1-2H3/b8-7-,31-30-;;. The van der Waals surface area contributed by atoms with E-state index in [4.69, 9.17) is 9.53 Å². The minimum Gasteiger partial charge on any atom is -0.443 e. The molecule has 1 aliphatic rings. The maximum absolute atomic E-state index is 14.9. The molecule has 2 atom stereocenters. The highest BCUT2D eigenvalue weighted by atomic mass is 19.1. The molecular weight excluding hydrogens is 555 g/mol. The van der Waals surface area contributed by atoms with E-state index in [9.17, 15) is 9.18 Å². The lowest BCUT2D eigenvalue weighted by molar-refractivity contribution is -0.106. The van der Waals surface area contributed by atoms with E-state index in [2.05, 4.69) is 45.9 Å². The van der Waals surface area contributed by atoms with Crippen molar-refractivity contribution in [3.05, 3.63) is 95.6 Å². The smallest absolute Gasteiger partial charge is 0.410 e. The van der Waals surface area contributed by atoms with Gasteiger partial charge in [-0.2, -0.15) is 0 Å². The van der Waals surface area contributed by atoms with Crippen LogP contribution in [0.15, 0.2) is 78.9 Å². The normalized spacial score (nSPS) is 15.6. The molecule has 0 aliphatic carbocycles. The Bertz CT molecular complexity index is 1350. The van der Waals surface area contributed by atoms with Gasteiger partial charge in [-0.1, -0.05) is 81.5 Å². The molecule has 2 N–H and O–H groups in total. The van der Waals surface area contributed by atoms with E-state index >= 15 is 0 Å². The maximum atomic E-state index is 14.9. The summed E-state index contributed by atoms with van der Waals surface area (Å²) in [5.74, 6) is -0.111. The Kier molecular flexibility index (Phi) is 16.6. The van der Waals surface area contributed by atoms with Gasteiger partial charge in [0.1, 0.15) is 18.2 Å². The highest BCUT2D eigenvalue weighted by Crippen LogP contribution is 2.27. The van der Waals surface area contributed by atoms with Crippen LogP contribution < -0.4 is 10.6 Å². The van der Waals surface area contributed by atoms with Gasteiger partial charge in [-0.15, -0.1) is 0 Å². The fourth-order valence-corrected chi connectivity index (χ4v) is 4.94. The number of rotatable bonds is 13. The highest BCUT2D eigenvalue weighted by molar-refractivity contribution is 5.84. The van der Waals surface area contributed by atoms with Crippen molar-refractivity contribution in [3.8, 4) is 0 Å². The van der Waals surface area contributed by atoms with E-state index in [1.165, 1.54) is 23.4 Å². The van der Waals surface area contributed by atoms with Crippen LogP contribution in [0.4, 0.5) is 9.18 Å². The van der Waals surface area contributed by atoms with Crippen LogP contribution in [0, 0.1) is 0 Å². The van der Waals surface area contributed by atoms with Crippen LogP contribution in [0.1, 0.15) is 64.2 Å². The number of hydrogen-bond donors (Lipinski definition) is 2. The zero-order valence-electron chi connectivity index (χ0n) is 27.1. The number of benzene rings is 2. The second-order valence-corrected chi connectivity index (χ2v) is 10.2. The number of likely N-dealkylation sites (N-methyl/N-ethyl adjacent to an activating group) is 1. The van der Waals surface area contributed by atoms with Gasteiger partial charge in [-0.25, -0.2) is 9.18 Å². The Hall–Kier alpha value is -3.88. The summed E-state index contributed by atoms with van der Waals surface area (Å²) in [4.78, 5) is 27.1. The van der Waals surface area contributed by atoms with Crippen molar-refractivity contribution in [1.82, 2.24) is 20.5 Å². The molecule has 3 aromatic rings. The van der Waals surface area contributed by atoms with Crippen molar-refractivity contribution in [2.24, 2.45) is 0 Å². The molecule has 1 saturated heterocycles. The van der Waals surface area contributed by atoms with E-state index in [1.807, 2.05) is 77.5 Å². The van der Waals surface area contributed by atoms with E-state index < -0.39 is 0 Å². The minimum atomic E-state index is -0.304. The topological polar surface area (TPSA) is 83.6 Å². The number of nitrogens with one attached hydrogen (secondary N) is 2. The van der Waals surface area contributed by atoms with Gasteiger partial charge in [0.05, 0.1) is 12.6 Å². The molecule has 1 aromatic heterocycles. The average molecular weight is 605 g/mol. The Labute approximate surface area is 262 Å². The van der Waals surface area contributed by atoms with Crippen LogP contribution in [0.5, 0.6) is 0 Å². The Morgan fingerprint density at radius 1 is 1.16 bits per heavy atom. The summed E-state index contributed by atoms with van der Waals surface area (Å²) in [6.07, 6.45) is 9.72. The molecular formula is C36H49FN4O3. The van der Waals surface area contributed by atoms with Gasteiger partial charge >= 0.3 is 6.09 Å². The molecule has 238 valence electrons. The van der Waals surface area contributed by atoms with Crippen molar-refractivity contribution in [2.45, 2.75) is 72.6 Å². The fraction of sp³-hybridized carbons (Fsp3) is 0.417. The van der Waals surface area contributed by atoms with Gasteiger partial charge in [0, 0.05) is 30.9 Å². The average Bonchev–Trinajstić information content (AvgIpc) is 3.42. The first-order valence-corrected chi connectivity index (χ1v) is 15.6. The number of halogens is 1. The molecule has 2 heterocycles. The molecule has 7 nitrogen and oxygen atoms in total. The fourth-order valence-electron chi connectivity index (χ4n) is 4.94. The molecule has 44 heavy (non-hydrogen) atoms. The number of ether oxygens (including phenoxy) is 1. The van der Waals surface area contributed by atoms with E-state index in [-0.39, 0.29) is 24.1 Å². The van der Waals surface area contributed by atoms with E-state index in [1.54, 1.807) is 4.90 Å². The third kappa shape index (κ3) is 11.0. The molecule has 2 unspecified atom stereocenters. The number of aromatic nitrogens is 1. The summed E-state index contributed by atoms with van der Waals surface area (Å²) >= 11 is 0. The maximum Gasteiger partial charge on any atom is 0.410 e. The Balaban J connectivity index is 0.00000127. The summed E-state index contributed by atoms with van der Waals surface area (Å²) in [7, 11) is 1.84. The summed E-state index contributed by atoms with van der Waals surface area (Å²) in [6, 6.07) is 16.3. The van der Waals surface area contributed by atoms with E-state index in [0.717, 1.165) is 36.7 Å². The number of nitrogens with zero attached hydrogens (tertiary/aromatic N) is 2. The lowest BCUT2D eigenvalue weighted by atomic mass is 9.98. The molecule has 0 bridgehead atoms. The Morgan fingerprint density at radius 3 is 2.55 bits per heavy atom. The van der Waals surface area contributed by atoms with Crippen molar-refractivity contribution in [3.63, 3.8) is 0 Å². The third-order valence-corrected chi connectivity index (χ3v) is 7.16. The number of amides is 1. The number of fused-ring (bicyclic) bond motifs is 1. The highest BCUT2D eigenvalue weighted by Gasteiger charge is 2.32. The van der Waals surface area contributed by atoms with Crippen molar-refractivity contribution >= 4 is 28.7 Å². The number of allylic oxidation sites excluding steroid dienone is 3. The minimum absolute atomic E-state index is 0.111. The molecule has 0 spiro atoms.